The summed E-state index contributed by atoms with van der Waals surface area (Å²) in [5.74, 6) is 0. The molecule has 98 valence electrons. The standard InChI is InChI=1S/C14H26N2O/c1-3-4-5-6-7-8-9-10-14(17)13-11-15-16(2)12-13/h11-12,14,17H,3-10H2,1-2H3. The van der Waals surface area contributed by atoms with E-state index in [1.165, 1.54) is 38.5 Å². The highest BCUT2D eigenvalue weighted by Crippen LogP contribution is 2.19. The Morgan fingerprint density at radius 3 is 2.41 bits per heavy atom. The Bertz CT molecular complexity index is 296. The molecule has 3 heteroatoms. The zero-order valence-corrected chi connectivity index (χ0v) is 11.2. The number of aromatic nitrogens is 2. The van der Waals surface area contributed by atoms with Gasteiger partial charge in [-0.2, -0.15) is 5.10 Å². The van der Waals surface area contributed by atoms with E-state index in [-0.39, 0.29) is 6.10 Å². The normalized spacial score (nSPS) is 12.9. The van der Waals surface area contributed by atoms with Crippen molar-refractivity contribution in [2.45, 2.75) is 64.4 Å². The van der Waals surface area contributed by atoms with Crippen molar-refractivity contribution in [3.8, 4) is 0 Å². The van der Waals surface area contributed by atoms with Gasteiger partial charge in [0.2, 0.25) is 0 Å². The number of aliphatic hydroxyl groups is 1. The highest BCUT2D eigenvalue weighted by molar-refractivity contribution is 5.07. The Morgan fingerprint density at radius 2 is 1.82 bits per heavy atom. The van der Waals surface area contributed by atoms with Gasteiger partial charge in [-0.1, -0.05) is 51.9 Å². The number of hydrogen-bond donors (Lipinski definition) is 1. The third kappa shape index (κ3) is 5.87. The van der Waals surface area contributed by atoms with E-state index >= 15 is 0 Å². The molecular formula is C14H26N2O. The first-order chi connectivity index (χ1) is 8.24. The zero-order chi connectivity index (χ0) is 12.5. The maximum absolute atomic E-state index is 9.92. The van der Waals surface area contributed by atoms with E-state index in [0.717, 1.165) is 18.4 Å². The van der Waals surface area contributed by atoms with Gasteiger partial charge in [-0.25, -0.2) is 0 Å². The molecule has 0 spiro atoms. The second-order valence-electron chi connectivity index (χ2n) is 4.87. The SMILES string of the molecule is CCCCCCCCCC(O)c1cnn(C)c1. The van der Waals surface area contributed by atoms with Crippen LogP contribution in [-0.2, 0) is 7.05 Å². The lowest BCUT2D eigenvalue weighted by Gasteiger charge is -2.07. The maximum Gasteiger partial charge on any atom is 0.0820 e. The Labute approximate surface area is 105 Å². The third-order valence-corrected chi connectivity index (χ3v) is 3.19. The minimum Gasteiger partial charge on any atom is -0.388 e. The first-order valence-electron chi connectivity index (χ1n) is 6.90. The summed E-state index contributed by atoms with van der Waals surface area (Å²) in [6, 6.07) is 0. The van der Waals surface area contributed by atoms with Gasteiger partial charge in [0.25, 0.3) is 0 Å². The molecule has 0 fully saturated rings. The molecule has 0 aliphatic rings. The van der Waals surface area contributed by atoms with Crippen molar-refractivity contribution >= 4 is 0 Å². The molecule has 1 N–H and O–H groups in total. The molecule has 1 atom stereocenters. The number of hydrogen-bond acceptors (Lipinski definition) is 2. The van der Waals surface area contributed by atoms with Crippen LogP contribution in [0.1, 0.15) is 70.0 Å². The molecule has 0 saturated carbocycles. The van der Waals surface area contributed by atoms with E-state index in [4.69, 9.17) is 0 Å². The minimum absolute atomic E-state index is 0.334. The number of unbranched alkanes of at least 4 members (excludes halogenated alkanes) is 6. The summed E-state index contributed by atoms with van der Waals surface area (Å²) >= 11 is 0. The molecule has 0 radical (unpaired) electrons. The van der Waals surface area contributed by atoms with Gasteiger partial charge >= 0.3 is 0 Å². The minimum atomic E-state index is -0.334. The largest absolute Gasteiger partial charge is 0.388 e. The summed E-state index contributed by atoms with van der Waals surface area (Å²) in [7, 11) is 1.88. The van der Waals surface area contributed by atoms with E-state index in [2.05, 4.69) is 12.0 Å². The van der Waals surface area contributed by atoms with Gasteiger partial charge in [-0.15, -0.1) is 0 Å². The van der Waals surface area contributed by atoms with Crippen LogP contribution in [-0.4, -0.2) is 14.9 Å². The second-order valence-corrected chi connectivity index (χ2v) is 4.87. The van der Waals surface area contributed by atoms with Gasteiger partial charge in [0.05, 0.1) is 12.3 Å². The van der Waals surface area contributed by atoms with Gasteiger partial charge < -0.3 is 5.11 Å². The van der Waals surface area contributed by atoms with Crippen LogP contribution in [0.4, 0.5) is 0 Å². The predicted octanol–water partition coefficient (Wildman–Crippen LogP) is 3.59. The first-order valence-corrected chi connectivity index (χ1v) is 6.90. The van der Waals surface area contributed by atoms with Crippen LogP contribution >= 0.6 is 0 Å². The quantitative estimate of drug-likeness (QED) is 0.668. The van der Waals surface area contributed by atoms with E-state index in [1.807, 2.05) is 13.2 Å². The van der Waals surface area contributed by atoms with Gasteiger partial charge in [-0.05, 0) is 6.42 Å². The molecule has 0 saturated heterocycles. The molecule has 1 heterocycles. The van der Waals surface area contributed by atoms with Crippen molar-refractivity contribution in [1.82, 2.24) is 9.78 Å². The van der Waals surface area contributed by atoms with Gasteiger partial charge in [0.15, 0.2) is 0 Å². The molecule has 17 heavy (non-hydrogen) atoms. The van der Waals surface area contributed by atoms with Crippen molar-refractivity contribution in [2.75, 3.05) is 0 Å². The Morgan fingerprint density at radius 1 is 1.18 bits per heavy atom. The number of rotatable bonds is 9. The maximum atomic E-state index is 9.92. The van der Waals surface area contributed by atoms with Crippen LogP contribution in [0.5, 0.6) is 0 Å². The van der Waals surface area contributed by atoms with Crippen molar-refractivity contribution in [3.05, 3.63) is 18.0 Å². The zero-order valence-electron chi connectivity index (χ0n) is 11.2. The molecule has 1 unspecified atom stereocenters. The van der Waals surface area contributed by atoms with Crippen molar-refractivity contribution < 1.29 is 5.11 Å². The summed E-state index contributed by atoms with van der Waals surface area (Å²) in [5.41, 5.74) is 0.943. The Hall–Kier alpha value is -0.830. The van der Waals surface area contributed by atoms with E-state index in [9.17, 15) is 5.11 Å². The second kappa shape index (κ2) is 8.29. The average molecular weight is 238 g/mol. The molecule has 1 aromatic rings. The first kappa shape index (κ1) is 14.2. The molecule has 0 amide bonds. The molecular weight excluding hydrogens is 212 g/mol. The van der Waals surface area contributed by atoms with Gasteiger partial charge in [0, 0.05) is 18.8 Å². The molecule has 1 rings (SSSR count). The summed E-state index contributed by atoms with van der Waals surface area (Å²) in [4.78, 5) is 0. The fourth-order valence-corrected chi connectivity index (χ4v) is 2.07. The third-order valence-electron chi connectivity index (χ3n) is 3.19. The number of aliphatic hydroxyl groups excluding tert-OH is 1. The fraction of sp³-hybridized carbons (Fsp3) is 0.786. The molecule has 0 aromatic carbocycles. The number of nitrogens with zero attached hydrogens (tertiary/aromatic N) is 2. The Balaban J connectivity index is 2.03. The molecule has 3 nitrogen and oxygen atoms in total. The molecule has 0 bridgehead atoms. The topological polar surface area (TPSA) is 38.1 Å². The smallest absolute Gasteiger partial charge is 0.0820 e. The van der Waals surface area contributed by atoms with Crippen LogP contribution < -0.4 is 0 Å². The van der Waals surface area contributed by atoms with Crippen molar-refractivity contribution in [2.24, 2.45) is 7.05 Å². The lowest BCUT2D eigenvalue weighted by atomic mass is 10.0. The Kier molecular flexibility index (Phi) is 6.94. The highest BCUT2D eigenvalue weighted by Gasteiger charge is 2.08. The number of aryl methyl sites for hydroxylation is 1. The van der Waals surface area contributed by atoms with Crippen molar-refractivity contribution in [3.63, 3.8) is 0 Å². The van der Waals surface area contributed by atoms with E-state index in [0.29, 0.717) is 0 Å². The summed E-state index contributed by atoms with van der Waals surface area (Å²) < 4.78 is 1.74. The van der Waals surface area contributed by atoms with Crippen LogP contribution in [0.3, 0.4) is 0 Å². The highest BCUT2D eigenvalue weighted by atomic mass is 16.3. The van der Waals surface area contributed by atoms with Gasteiger partial charge in [-0.3, -0.25) is 4.68 Å². The van der Waals surface area contributed by atoms with E-state index < -0.39 is 0 Å². The fourth-order valence-electron chi connectivity index (χ4n) is 2.07. The molecule has 0 aliphatic carbocycles. The molecule has 0 aliphatic heterocycles. The van der Waals surface area contributed by atoms with E-state index in [1.54, 1.807) is 10.9 Å². The van der Waals surface area contributed by atoms with Crippen LogP contribution in [0.15, 0.2) is 12.4 Å². The summed E-state index contributed by atoms with van der Waals surface area (Å²) in [6.45, 7) is 2.24. The average Bonchev–Trinajstić information content (AvgIpc) is 2.74. The van der Waals surface area contributed by atoms with Gasteiger partial charge in [0.1, 0.15) is 0 Å². The van der Waals surface area contributed by atoms with Crippen LogP contribution in [0.2, 0.25) is 0 Å². The monoisotopic (exact) mass is 238 g/mol. The molecule has 1 aromatic heterocycles. The van der Waals surface area contributed by atoms with Crippen molar-refractivity contribution in [1.29, 1.82) is 0 Å². The van der Waals surface area contributed by atoms with Crippen LogP contribution in [0, 0.1) is 0 Å². The predicted molar refractivity (Wildman–Crippen MR) is 70.8 cm³/mol. The van der Waals surface area contributed by atoms with Crippen LogP contribution in [0.25, 0.3) is 0 Å². The lowest BCUT2D eigenvalue weighted by Crippen LogP contribution is -1.96. The lowest BCUT2D eigenvalue weighted by molar-refractivity contribution is 0.163. The summed E-state index contributed by atoms with van der Waals surface area (Å²) in [5, 5.41) is 14.0. The summed E-state index contributed by atoms with van der Waals surface area (Å²) in [6.07, 6.45) is 13.2.